The number of carbonyl (C=O) groups is 2. The summed E-state index contributed by atoms with van der Waals surface area (Å²) in [6.07, 6.45) is -0.238. The first-order valence-electron chi connectivity index (χ1n) is 4.99. The van der Waals surface area contributed by atoms with Gasteiger partial charge in [0, 0.05) is 10.6 Å². The molecule has 0 aliphatic heterocycles. The second-order valence-corrected chi connectivity index (χ2v) is 3.12. The Balaban J connectivity index is 0.00000106. The van der Waals surface area contributed by atoms with E-state index in [4.69, 9.17) is 11.6 Å². The Morgan fingerprint density at radius 1 is 1.19 bits per heavy atom. The van der Waals surface area contributed by atoms with Gasteiger partial charge in [-0.1, -0.05) is 25.4 Å². The molecule has 88 valence electrons. The van der Waals surface area contributed by atoms with Crippen LogP contribution in [0.1, 0.15) is 30.6 Å². The van der Waals surface area contributed by atoms with Crippen molar-refractivity contribution >= 4 is 23.4 Å². The van der Waals surface area contributed by atoms with Crippen LogP contribution in [0.3, 0.4) is 0 Å². The van der Waals surface area contributed by atoms with Crippen LogP contribution in [0.2, 0.25) is 5.02 Å². The van der Waals surface area contributed by atoms with Crippen molar-refractivity contribution < 1.29 is 14.3 Å². The summed E-state index contributed by atoms with van der Waals surface area (Å²) < 4.78 is 4.38. The summed E-state index contributed by atoms with van der Waals surface area (Å²) in [6, 6.07) is 6.36. The topological polar surface area (TPSA) is 43.4 Å². The lowest BCUT2D eigenvalue weighted by molar-refractivity contribution is -0.139. The molecule has 0 aliphatic rings. The summed E-state index contributed by atoms with van der Waals surface area (Å²) in [5, 5.41) is 0.555. The molecule has 0 bridgehead atoms. The van der Waals surface area contributed by atoms with Gasteiger partial charge in [-0.15, -0.1) is 0 Å². The number of hydrogen-bond acceptors (Lipinski definition) is 3. The highest BCUT2D eigenvalue weighted by Crippen LogP contribution is 2.11. The van der Waals surface area contributed by atoms with E-state index >= 15 is 0 Å². The van der Waals surface area contributed by atoms with E-state index in [2.05, 4.69) is 4.74 Å². The van der Waals surface area contributed by atoms with Gasteiger partial charge in [0.05, 0.1) is 7.11 Å². The maximum Gasteiger partial charge on any atom is 0.313 e. The number of methoxy groups -OCH3 is 1. The van der Waals surface area contributed by atoms with Gasteiger partial charge < -0.3 is 4.74 Å². The molecule has 0 spiro atoms. The average Bonchev–Trinajstić information content (AvgIpc) is 2.32. The lowest BCUT2D eigenvalue weighted by Gasteiger charge is -1.99. The summed E-state index contributed by atoms with van der Waals surface area (Å²) in [5.74, 6) is -0.807. The van der Waals surface area contributed by atoms with Gasteiger partial charge in [0.25, 0.3) is 0 Å². The van der Waals surface area contributed by atoms with Crippen molar-refractivity contribution in [2.24, 2.45) is 0 Å². The van der Waals surface area contributed by atoms with Gasteiger partial charge in [0.1, 0.15) is 6.42 Å². The number of ether oxygens (including phenoxy) is 1. The smallest absolute Gasteiger partial charge is 0.313 e. The Hall–Kier alpha value is -1.35. The molecule has 0 saturated heterocycles. The molecule has 0 fully saturated rings. The largest absolute Gasteiger partial charge is 0.469 e. The molecule has 1 aromatic rings. The zero-order chi connectivity index (χ0) is 12.6. The van der Waals surface area contributed by atoms with E-state index in [9.17, 15) is 9.59 Å². The summed E-state index contributed by atoms with van der Waals surface area (Å²) in [4.78, 5) is 22.2. The van der Waals surface area contributed by atoms with E-state index in [1.165, 1.54) is 7.11 Å². The second-order valence-electron chi connectivity index (χ2n) is 2.68. The van der Waals surface area contributed by atoms with Gasteiger partial charge in [0.2, 0.25) is 0 Å². The van der Waals surface area contributed by atoms with Crippen LogP contribution in [-0.2, 0) is 9.53 Å². The van der Waals surface area contributed by atoms with Gasteiger partial charge in [-0.2, -0.15) is 0 Å². The quantitative estimate of drug-likeness (QED) is 0.465. The van der Waals surface area contributed by atoms with Gasteiger partial charge in [0.15, 0.2) is 5.78 Å². The van der Waals surface area contributed by atoms with Crippen LogP contribution in [0.5, 0.6) is 0 Å². The molecule has 0 aromatic heterocycles. The van der Waals surface area contributed by atoms with Crippen LogP contribution in [0.15, 0.2) is 24.3 Å². The van der Waals surface area contributed by atoms with E-state index in [0.717, 1.165) is 0 Å². The fraction of sp³-hybridized carbons (Fsp3) is 0.333. The minimum absolute atomic E-state index is 0.238. The maximum absolute atomic E-state index is 11.4. The lowest BCUT2D eigenvalue weighted by Crippen LogP contribution is -2.09. The molecular weight excluding hydrogens is 228 g/mol. The predicted molar refractivity (Wildman–Crippen MR) is 63.8 cm³/mol. The van der Waals surface area contributed by atoms with E-state index in [1.807, 2.05) is 13.8 Å². The highest BCUT2D eigenvalue weighted by atomic mass is 35.5. The number of ketones is 1. The van der Waals surface area contributed by atoms with E-state index < -0.39 is 5.97 Å². The fourth-order valence-electron chi connectivity index (χ4n) is 0.941. The number of esters is 1. The van der Waals surface area contributed by atoms with Crippen LogP contribution in [0.4, 0.5) is 0 Å². The number of carbonyl (C=O) groups excluding carboxylic acids is 2. The Labute approximate surface area is 100 Å². The second kappa shape index (κ2) is 7.88. The van der Waals surface area contributed by atoms with Gasteiger partial charge in [-0.05, 0) is 24.3 Å². The summed E-state index contributed by atoms with van der Waals surface area (Å²) in [7, 11) is 1.25. The third kappa shape index (κ3) is 4.94. The van der Waals surface area contributed by atoms with Crippen LogP contribution in [-0.4, -0.2) is 18.9 Å². The monoisotopic (exact) mass is 242 g/mol. The average molecular weight is 243 g/mol. The summed E-state index contributed by atoms with van der Waals surface area (Å²) in [6.45, 7) is 4.00. The van der Waals surface area contributed by atoms with Crippen LogP contribution in [0, 0.1) is 0 Å². The Kier molecular flexibility index (Phi) is 7.21. The summed E-state index contributed by atoms with van der Waals surface area (Å²) >= 11 is 5.65. The standard InChI is InChI=1S/C10H9ClO3.C2H6/c1-14-10(13)6-9(12)7-2-4-8(11)5-3-7;1-2/h2-5H,6H2,1H3;1-2H3. The zero-order valence-electron chi connectivity index (χ0n) is 9.62. The van der Waals surface area contributed by atoms with Crippen molar-refractivity contribution in [1.29, 1.82) is 0 Å². The van der Waals surface area contributed by atoms with Crippen LogP contribution in [0.25, 0.3) is 0 Å². The lowest BCUT2D eigenvalue weighted by atomic mass is 10.1. The predicted octanol–water partition coefficient (Wildman–Crippen LogP) is 3.11. The molecule has 0 amide bonds. The van der Waals surface area contributed by atoms with Crippen molar-refractivity contribution in [1.82, 2.24) is 0 Å². The highest BCUT2D eigenvalue weighted by Gasteiger charge is 2.11. The Morgan fingerprint density at radius 3 is 2.12 bits per heavy atom. The molecule has 16 heavy (non-hydrogen) atoms. The normalized spacial score (nSPS) is 8.75. The number of halogens is 1. The third-order valence-electron chi connectivity index (χ3n) is 1.70. The van der Waals surface area contributed by atoms with Crippen molar-refractivity contribution in [2.45, 2.75) is 20.3 Å². The first kappa shape index (κ1) is 14.6. The SMILES string of the molecule is CC.COC(=O)CC(=O)c1ccc(Cl)cc1. The van der Waals surface area contributed by atoms with Crippen molar-refractivity contribution in [3.63, 3.8) is 0 Å². The molecular formula is C12H15ClO3. The summed E-state index contributed by atoms with van der Waals surface area (Å²) in [5.41, 5.74) is 0.458. The van der Waals surface area contributed by atoms with E-state index in [1.54, 1.807) is 24.3 Å². The minimum Gasteiger partial charge on any atom is -0.469 e. The molecule has 0 atom stereocenters. The number of rotatable bonds is 3. The van der Waals surface area contributed by atoms with E-state index in [0.29, 0.717) is 10.6 Å². The maximum atomic E-state index is 11.4. The molecule has 3 nitrogen and oxygen atoms in total. The van der Waals surface area contributed by atoms with Gasteiger partial charge >= 0.3 is 5.97 Å². The zero-order valence-corrected chi connectivity index (χ0v) is 10.4. The number of hydrogen-bond donors (Lipinski definition) is 0. The molecule has 0 aliphatic carbocycles. The van der Waals surface area contributed by atoms with Crippen LogP contribution < -0.4 is 0 Å². The molecule has 0 radical (unpaired) electrons. The van der Waals surface area contributed by atoms with E-state index in [-0.39, 0.29) is 12.2 Å². The third-order valence-corrected chi connectivity index (χ3v) is 1.95. The molecule has 0 unspecified atom stereocenters. The first-order valence-corrected chi connectivity index (χ1v) is 5.37. The molecule has 0 heterocycles. The van der Waals surface area contributed by atoms with Crippen molar-refractivity contribution in [3.05, 3.63) is 34.9 Å². The van der Waals surface area contributed by atoms with Gasteiger partial charge in [-0.25, -0.2) is 0 Å². The highest BCUT2D eigenvalue weighted by molar-refractivity contribution is 6.30. The number of Topliss-reactive ketones (excluding diaryl/α,β-unsaturated/α-hetero) is 1. The molecule has 0 N–H and O–H groups in total. The van der Waals surface area contributed by atoms with Gasteiger partial charge in [-0.3, -0.25) is 9.59 Å². The molecule has 1 rings (SSSR count). The molecule has 0 saturated carbocycles. The Bertz CT molecular complexity index is 344. The van der Waals surface area contributed by atoms with Crippen LogP contribution >= 0.6 is 11.6 Å². The van der Waals surface area contributed by atoms with Crippen molar-refractivity contribution in [2.75, 3.05) is 7.11 Å². The molecule has 1 aromatic carbocycles. The molecule has 4 heteroatoms. The van der Waals surface area contributed by atoms with Crippen molar-refractivity contribution in [3.8, 4) is 0 Å². The minimum atomic E-state index is -0.537. The number of benzene rings is 1. The Morgan fingerprint density at radius 2 is 1.69 bits per heavy atom. The first-order chi connectivity index (χ1) is 7.63. The fourth-order valence-corrected chi connectivity index (χ4v) is 1.07.